The molecule has 1 aliphatic heterocycles. The van der Waals surface area contributed by atoms with E-state index in [1.807, 2.05) is 13.1 Å². The molecule has 0 spiro atoms. The van der Waals surface area contributed by atoms with E-state index < -0.39 is 4.92 Å². The topological polar surface area (TPSA) is 93.7 Å². The summed E-state index contributed by atoms with van der Waals surface area (Å²) in [5.41, 5.74) is 3.54. The lowest BCUT2D eigenvalue weighted by atomic mass is 10.1. The fourth-order valence-electron chi connectivity index (χ4n) is 2.46. The second kappa shape index (κ2) is 6.65. The Morgan fingerprint density at radius 1 is 1.60 bits per heavy atom. The highest BCUT2D eigenvalue weighted by Crippen LogP contribution is 2.25. The zero-order valence-electron chi connectivity index (χ0n) is 11.5. The Kier molecular flexibility index (Phi) is 4.89. The van der Waals surface area contributed by atoms with Crippen LogP contribution in [0.3, 0.4) is 0 Å². The molecular formula is C13H20N4O3. The van der Waals surface area contributed by atoms with Crippen LogP contribution in [0.15, 0.2) is 18.2 Å². The van der Waals surface area contributed by atoms with Crippen LogP contribution in [0.5, 0.6) is 0 Å². The predicted molar refractivity (Wildman–Crippen MR) is 76.2 cm³/mol. The molecule has 1 saturated heterocycles. The number of rotatable bonds is 6. The van der Waals surface area contributed by atoms with Gasteiger partial charge in [0, 0.05) is 25.8 Å². The van der Waals surface area contributed by atoms with Crippen molar-refractivity contribution in [3.05, 3.63) is 33.9 Å². The van der Waals surface area contributed by atoms with Crippen LogP contribution in [0.2, 0.25) is 0 Å². The summed E-state index contributed by atoms with van der Waals surface area (Å²) in [6.45, 7) is 2.32. The van der Waals surface area contributed by atoms with Gasteiger partial charge in [-0.25, -0.2) is 0 Å². The molecule has 1 aromatic rings. The molecule has 3 N–H and O–H groups in total. The van der Waals surface area contributed by atoms with E-state index in [2.05, 4.69) is 10.3 Å². The fraction of sp³-hybridized carbons (Fsp3) is 0.538. The van der Waals surface area contributed by atoms with Gasteiger partial charge in [-0.15, -0.1) is 0 Å². The third-order valence-electron chi connectivity index (χ3n) is 3.41. The van der Waals surface area contributed by atoms with Gasteiger partial charge < -0.3 is 10.2 Å². The molecule has 1 unspecified atom stereocenters. The van der Waals surface area contributed by atoms with Crippen molar-refractivity contribution < 1.29 is 9.66 Å². The van der Waals surface area contributed by atoms with E-state index in [1.54, 1.807) is 12.1 Å². The molecular weight excluding hydrogens is 260 g/mol. The average molecular weight is 280 g/mol. The van der Waals surface area contributed by atoms with E-state index >= 15 is 0 Å². The van der Waals surface area contributed by atoms with Gasteiger partial charge in [-0.2, -0.15) is 0 Å². The van der Waals surface area contributed by atoms with E-state index in [-0.39, 0.29) is 11.8 Å². The van der Waals surface area contributed by atoms with Crippen LogP contribution in [-0.4, -0.2) is 36.1 Å². The predicted octanol–water partition coefficient (Wildman–Crippen LogP) is 1.49. The molecule has 2 rings (SSSR count). The smallest absolute Gasteiger partial charge is 0.293 e. The maximum Gasteiger partial charge on any atom is 0.293 e. The number of hydrogen-bond acceptors (Lipinski definition) is 6. The Bertz CT molecular complexity index is 475. The number of nitro groups is 1. The van der Waals surface area contributed by atoms with Crippen molar-refractivity contribution in [2.75, 3.05) is 25.6 Å². The number of anilines is 1. The minimum absolute atomic E-state index is 0.00415. The number of likely N-dealkylation sites (N-methyl/N-ethyl adjacent to an activating group) is 1. The Balaban J connectivity index is 2.01. The molecule has 20 heavy (non-hydrogen) atoms. The van der Waals surface area contributed by atoms with Crippen molar-refractivity contribution in [2.24, 2.45) is 5.84 Å². The molecule has 0 bridgehead atoms. The van der Waals surface area contributed by atoms with Gasteiger partial charge in [0.2, 0.25) is 0 Å². The molecule has 1 atom stereocenters. The second-order valence-corrected chi connectivity index (χ2v) is 5.08. The highest BCUT2D eigenvalue weighted by atomic mass is 16.6. The largest absolute Gasteiger partial charge is 0.377 e. The van der Waals surface area contributed by atoms with E-state index in [0.717, 1.165) is 31.6 Å². The number of hydrogen-bond donors (Lipinski definition) is 2. The van der Waals surface area contributed by atoms with E-state index in [9.17, 15) is 10.1 Å². The SMILES string of the molecule is CN(Cc1ccc(NN)c([N+](=O)[O-])c1)CC1CCCO1. The van der Waals surface area contributed by atoms with Crippen molar-refractivity contribution in [2.45, 2.75) is 25.5 Å². The first kappa shape index (κ1) is 14.7. The van der Waals surface area contributed by atoms with Crippen molar-refractivity contribution in [3.8, 4) is 0 Å². The van der Waals surface area contributed by atoms with Gasteiger partial charge in [-0.3, -0.25) is 20.9 Å². The van der Waals surface area contributed by atoms with Crippen molar-refractivity contribution in [1.29, 1.82) is 0 Å². The zero-order valence-corrected chi connectivity index (χ0v) is 11.5. The second-order valence-electron chi connectivity index (χ2n) is 5.08. The molecule has 0 aliphatic carbocycles. The Hall–Kier alpha value is -1.70. The number of nitrogens with one attached hydrogen (secondary N) is 1. The van der Waals surface area contributed by atoms with Gasteiger partial charge >= 0.3 is 0 Å². The highest BCUT2D eigenvalue weighted by molar-refractivity contribution is 5.61. The van der Waals surface area contributed by atoms with Crippen LogP contribution in [0, 0.1) is 10.1 Å². The summed E-state index contributed by atoms with van der Waals surface area (Å²) >= 11 is 0. The summed E-state index contributed by atoms with van der Waals surface area (Å²) in [6, 6.07) is 5.03. The molecule has 0 aromatic heterocycles. The van der Waals surface area contributed by atoms with Gasteiger partial charge in [0.15, 0.2) is 0 Å². The minimum atomic E-state index is -0.432. The number of nitrogen functional groups attached to an aromatic ring is 1. The van der Waals surface area contributed by atoms with Crippen LogP contribution < -0.4 is 11.3 Å². The van der Waals surface area contributed by atoms with Crippen LogP contribution in [-0.2, 0) is 11.3 Å². The molecule has 0 radical (unpaired) electrons. The van der Waals surface area contributed by atoms with Crippen LogP contribution in [0.25, 0.3) is 0 Å². The summed E-state index contributed by atoms with van der Waals surface area (Å²) in [5, 5.41) is 11.0. The lowest BCUT2D eigenvalue weighted by Gasteiger charge is -2.20. The molecule has 1 aromatic carbocycles. The van der Waals surface area contributed by atoms with Crippen molar-refractivity contribution >= 4 is 11.4 Å². The number of nitrogens with two attached hydrogens (primary N) is 1. The van der Waals surface area contributed by atoms with Crippen molar-refractivity contribution in [3.63, 3.8) is 0 Å². The number of nitro benzene ring substituents is 1. The standard InChI is InChI=1S/C13H20N4O3/c1-16(9-11-3-2-6-20-11)8-10-4-5-12(15-14)13(7-10)17(18)19/h4-5,7,11,15H,2-3,6,8-9,14H2,1H3. The number of hydrazine groups is 1. The fourth-order valence-corrected chi connectivity index (χ4v) is 2.46. The van der Waals surface area contributed by atoms with Crippen LogP contribution in [0.1, 0.15) is 18.4 Å². The number of ether oxygens (including phenoxy) is 1. The maximum absolute atomic E-state index is 11.0. The van der Waals surface area contributed by atoms with Crippen LogP contribution in [0.4, 0.5) is 11.4 Å². The number of nitrogens with zero attached hydrogens (tertiary/aromatic N) is 2. The van der Waals surface area contributed by atoms with Gasteiger partial charge in [0.25, 0.3) is 5.69 Å². The lowest BCUT2D eigenvalue weighted by molar-refractivity contribution is -0.384. The molecule has 110 valence electrons. The Labute approximate surface area is 117 Å². The average Bonchev–Trinajstić information content (AvgIpc) is 2.91. The summed E-state index contributed by atoms with van der Waals surface area (Å²) in [5.74, 6) is 5.27. The highest BCUT2D eigenvalue weighted by Gasteiger charge is 2.18. The van der Waals surface area contributed by atoms with Crippen molar-refractivity contribution in [1.82, 2.24) is 4.90 Å². The summed E-state index contributed by atoms with van der Waals surface area (Å²) in [4.78, 5) is 12.7. The van der Waals surface area contributed by atoms with E-state index in [4.69, 9.17) is 10.6 Å². The molecule has 7 heteroatoms. The van der Waals surface area contributed by atoms with E-state index in [1.165, 1.54) is 0 Å². The Morgan fingerprint density at radius 2 is 2.40 bits per heavy atom. The summed E-state index contributed by atoms with van der Waals surface area (Å²) < 4.78 is 5.58. The monoisotopic (exact) mass is 280 g/mol. The first-order chi connectivity index (χ1) is 9.60. The normalized spacial score (nSPS) is 18.4. The number of benzene rings is 1. The Morgan fingerprint density at radius 3 is 3.00 bits per heavy atom. The first-order valence-corrected chi connectivity index (χ1v) is 6.64. The van der Waals surface area contributed by atoms with Gasteiger partial charge in [0.1, 0.15) is 5.69 Å². The molecule has 1 heterocycles. The molecule has 7 nitrogen and oxygen atoms in total. The molecule has 1 fully saturated rings. The third kappa shape index (κ3) is 3.66. The van der Waals surface area contributed by atoms with Crippen LogP contribution >= 0.6 is 0 Å². The van der Waals surface area contributed by atoms with Gasteiger partial charge in [-0.1, -0.05) is 6.07 Å². The first-order valence-electron chi connectivity index (χ1n) is 6.64. The molecule has 0 saturated carbocycles. The minimum Gasteiger partial charge on any atom is -0.377 e. The van der Waals surface area contributed by atoms with Gasteiger partial charge in [-0.05, 0) is 31.5 Å². The van der Waals surface area contributed by atoms with Gasteiger partial charge in [0.05, 0.1) is 11.0 Å². The van der Waals surface area contributed by atoms with E-state index in [0.29, 0.717) is 12.2 Å². The molecule has 1 aliphatic rings. The zero-order chi connectivity index (χ0) is 14.5. The molecule has 0 amide bonds. The third-order valence-corrected chi connectivity index (χ3v) is 3.41. The maximum atomic E-state index is 11.0. The summed E-state index contributed by atoms with van der Waals surface area (Å²) in [6.07, 6.45) is 2.47. The lowest BCUT2D eigenvalue weighted by Crippen LogP contribution is -2.28. The summed E-state index contributed by atoms with van der Waals surface area (Å²) in [7, 11) is 1.99. The quantitative estimate of drug-likeness (QED) is 0.466.